The average Bonchev–Trinajstić information content (AvgIpc) is 1.76. The lowest BCUT2D eigenvalue weighted by Gasteiger charge is -2.41. The van der Waals surface area contributed by atoms with Crippen LogP contribution in [-0.2, 0) is 94.1 Å². The monoisotopic (exact) mass is 1700 g/mol. The Hall–Kier alpha value is -7.75. The topological polar surface area (TPSA) is 373 Å². The Balaban J connectivity index is 1.54. The second kappa shape index (κ2) is 53.4. The summed E-state index contributed by atoms with van der Waals surface area (Å²) in [5, 5.41) is 20.9. The number of nitrogens with two attached hydrogens (primary N) is 1. The maximum absolute atomic E-state index is 15.0. The molecule has 11 amide bonds. The van der Waals surface area contributed by atoms with Crippen LogP contribution in [0.25, 0.3) is 0 Å². The Bertz CT molecular complexity index is 3490. The number of hydrogen-bond donors (Lipinski definition) is 8. The van der Waals surface area contributed by atoms with Crippen molar-refractivity contribution in [1.29, 1.82) is 0 Å². The van der Waals surface area contributed by atoms with E-state index in [9.17, 15) is 52.7 Å². The second-order valence-electron chi connectivity index (χ2n) is 35.1. The molecule has 2 aromatic rings. The molecule has 2 heterocycles. The summed E-state index contributed by atoms with van der Waals surface area (Å²) >= 11 is 0. The minimum Gasteiger partial charge on any atom is -0.379 e. The van der Waals surface area contributed by atoms with Gasteiger partial charge in [-0.05, 0) is 120 Å². The lowest BCUT2D eigenvalue weighted by atomic mass is 9.89. The zero-order chi connectivity index (χ0) is 90.7. The highest BCUT2D eigenvalue weighted by Crippen LogP contribution is 2.33. The molecule has 2 aliphatic heterocycles. The standard InChI is InChI=1S/C90H154N14O17/c1-25-59(11)78(101(19)89(114)74(55(3)4)97-87(112)76(57(7)8)99(15)16)70(116-21)53-72(105)103-46-35-42-68(103)80(118-23)61(13)82(107)95-66(51-63-37-29-27-30-38-63)85(110)92-44-34-33-41-65(84(109)93-45-48-120-49-50-121-91)94-86(111)67(52-64-39-31-28-32-40-64)96-83(108)62(14)81(119-24)69-43-36-47-104(69)73(106)54-71(117-22)79(60(12)26-2)102(20)90(115)75(56(5)6)98-88(113)77(58(9)10)100(17)18/h27-32,37-40,55-62,65-71,74-81H,25-26,33-36,41-54,91H2,1-24H3,(H,92,110)(H,93,109)(H,94,111)(H,95,107)(H,96,108)(H,97,112)(H,98,113)/t59-,60-,61+,62+,65-,66-,67-,68-,69-,70+,71+,74-,75-,76?,77?,78-,79-,80+,81+/m0/s1. The van der Waals surface area contributed by atoms with Crippen LogP contribution in [0.3, 0.4) is 0 Å². The highest BCUT2D eigenvalue weighted by molar-refractivity contribution is 5.94. The van der Waals surface area contributed by atoms with Crippen LogP contribution in [0.2, 0.25) is 0 Å². The number of nitrogens with zero attached hydrogens (tertiary/aromatic N) is 6. The maximum atomic E-state index is 15.0. The average molecular weight is 1700 g/mol. The summed E-state index contributed by atoms with van der Waals surface area (Å²) in [6, 6.07) is 10.1. The lowest BCUT2D eigenvalue weighted by molar-refractivity contribution is -0.148. The van der Waals surface area contributed by atoms with Gasteiger partial charge in [0.25, 0.3) is 0 Å². The van der Waals surface area contributed by atoms with Crippen molar-refractivity contribution in [2.24, 2.45) is 53.2 Å². The zero-order valence-electron chi connectivity index (χ0n) is 77.4. The predicted octanol–water partition coefficient (Wildman–Crippen LogP) is 5.53. The Morgan fingerprint density at radius 2 is 0.826 bits per heavy atom. The zero-order valence-corrected chi connectivity index (χ0v) is 77.4. The first kappa shape index (κ1) is 106. The quantitative estimate of drug-likeness (QED) is 0.0298. The van der Waals surface area contributed by atoms with Gasteiger partial charge in [0.2, 0.25) is 65.0 Å². The number of ether oxygens (including phenoxy) is 5. The van der Waals surface area contributed by atoms with E-state index < -0.39 is 132 Å². The largest absolute Gasteiger partial charge is 0.379 e. The third-order valence-electron chi connectivity index (χ3n) is 24.5. The number of rotatable bonds is 55. The molecule has 2 aromatic carbocycles. The van der Waals surface area contributed by atoms with Crippen molar-refractivity contribution in [3.8, 4) is 0 Å². The Morgan fingerprint density at radius 1 is 0.446 bits per heavy atom. The van der Waals surface area contributed by atoms with Crippen LogP contribution in [0.1, 0.15) is 179 Å². The van der Waals surface area contributed by atoms with Crippen molar-refractivity contribution in [2.75, 3.05) is 117 Å². The molecule has 9 N–H and O–H groups in total. The number of carbonyl (C=O) groups is 11. The number of nitrogens with one attached hydrogen (secondary N) is 7. The maximum Gasteiger partial charge on any atom is 0.245 e. The van der Waals surface area contributed by atoms with Crippen LogP contribution >= 0.6 is 0 Å². The summed E-state index contributed by atoms with van der Waals surface area (Å²) in [6.07, 6.45) is 1.15. The van der Waals surface area contributed by atoms with Crippen molar-refractivity contribution in [1.82, 2.24) is 66.6 Å². The number of benzene rings is 2. The molecule has 0 bridgehead atoms. The minimum absolute atomic E-state index is 0.0178. The van der Waals surface area contributed by atoms with Crippen LogP contribution in [0, 0.1) is 47.3 Å². The Kier molecular flexibility index (Phi) is 46.6. The molecule has 2 fully saturated rings. The SMILES string of the molecule is CC[C@H](C)[C@@H]([C@@H](CC(=O)N1CCC[C@H]1[C@H](OC)[C@@H](C)C(=O)N[C@@H](Cc1ccccc1)C(=O)NCCCC[C@H](NC(=O)[C@H](Cc1ccccc1)NC(=O)[C@H](C)[C@@H](OC)[C@@H]1CCCN1C(=O)C[C@@H](OC)[C@H]([C@@H](C)CC)N(C)C(=O)[C@@H](NC(=O)C(C(C)C)N(C)C)C(C)C)C(=O)NCCOCCON)OC)N(C)C(=O)[C@@H](NC(=O)C(C(C)C)N(C)C)C(C)C. The van der Waals surface area contributed by atoms with E-state index >= 15 is 0 Å². The number of hydrogen-bond acceptors (Lipinski definition) is 20. The van der Waals surface area contributed by atoms with E-state index in [0.717, 1.165) is 5.56 Å². The predicted molar refractivity (Wildman–Crippen MR) is 467 cm³/mol. The molecule has 121 heavy (non-hydrogen) atoms. The number of likely N-dealkylation sites (tertiary alicyclic amines) is 2. The van der Waals surface area contributed by atoms with Gasteiger partial charge >= 0.3 is 0 Å². The van der Waals surface area contributed by atoms with Crippen molar-refractivity contribution >= 4 is 65.0 Å². The van der Waals surface area contributed by atoms with Gasteiger partial charge in [0.05, 0.1) is 105 Å². The molecule has 0 saturated carbocycles. The molecule has 0 aromatic heterocycles. The van der Waals surface area contributed by atoms with E-state index in [1.165, 1.54) is 28.4 Å². The fourth-order valence-electron chi connectivity index (χ4n) is 17.5. The first-order valence-electron chi connectivity index (χ1n) is 43.9. The van der Waals surface area contributed by atoms with Crippen LogP contribution < -0.4 is 43.1 Å². The number of amides is 11. The fraction of sp³-hybridized carbons (Fsp3) is 0.744. The first-order chi connectivity index (χ1) is 57.3. The molecule has 4 rings (SSSR count). The third-order valence-corrected chi connectivity index (χ3v) is 24.5. The molecular formula is C90H154N14O17. The van der Waals surface area contributed by atoms with Crippen LogP contribution in [0.15, 0.2) is 60.7 Å². The van der Waals surface area contributed by atoms with Crippen molar-refractivity contribution < 1.29 is 81.3 Å². The molecule has 19 atom stereocenters. The van der Waals surface area contributed by atoms with Gasteiger partial charge in [-0.25, -0.2) is 5.90 Å². The summed E-state index contributed by atoms with van der Waals surface area (Å²) in [5.41, 5.74) is 1.49. The lowest BCUT2D eigenvalue weighted by Crippen LogP contribution is -2.59. The highest BCUT2D eigenvalue weighted by atomic mass is 16.6. The molecule has 2 aliphatic rings. The summed E-state index contributed by atoms with van der Waals surface area (Å²) in [5.74, 6) is -1.66. The number of methoxy groups -OCH3 is 4. The molecule has 686 valence electrons. The van der Waals surface area contributed by atoms with E-state index in [0.29, 0.717) is 70.0 Å². The third kappa shape index (κ3) is 31.5. The molecular weight excluding hydrogens is 1550 g/mol. The van der Waals surface area contributed by atoms with Gasteiger partial charge in [0.15, 0.2) is 0 Å². The molecule has 2 saturated heterocycles. The molecule has 2 unspecified atom stereocenters. The molecule has 31 heteroatoms. The van der Waals surface area contributed by atoms with Crippen molar-refractivity contribution in [3.05, 3.63) is 71.8 Å². The summed E-state index contributed by atoms with van der Waals surface area (Å²) in [7, 11) is 16.8. The smallest absolute Gasteiger partial charge is 0.245 e. The van der Waals surface area contributed by atoms with Gasteiger partial charge < -0.3 is 85.3 Å². The summed E-state index contributed by atoms with van der Waals surface area (Å²) in [6.45, 7) is 28.1. The first-order valence-corrected chi connectivity index (χ1v) is 43.9. The van der Waals surface area contributed by atoms with Crippen LogP contribution in [0.4, 0.5) is 0 Å². The molecule has 0 spiro atoms. The van der Waals surface area contributed by atoms with Crippen LogP contribution in [0.5, 0.6) is 0 Å². The molecule has 0 aliphatic carbocycles. The van der Waals surface area contributed by atoms with E-state index in [1.807, 2.05) is 182 Å². The van der Waals surface area contributed by atoms with Crippen molar-refractivity contribution in [2.45, 2.75) is 271 Å². The van der Waals surface area contributed by atoms with Gasteiger partial charge in [0, 0.05) is 81.6 Å². The molecule has 31 nitrogen and oxygen atoms in total. The van der Waals surface area contributed by atoms with E-state index in [2.05, 4.69) is 42.1 Å². The molecule has 0 radical (unpaired) electrons. The van der Waals surface area contributed by atoms with Crippen molar-refractivity contribution in [3.63, 3.8) is 0 Å². The van der Waals surface area contributed by atoms with Crippen LogP contribution in [-0.4, -0.2) is 302 Å². The number of carbonyl (C=O) groups excluding carboxylic acids is 11. The Morgan fingerprint density at radius 3 is 1.18 bits per heavy atom. The summed E-state index contributed by atoms with van der Waals surface area (Å²) in [4.78, 5) is 175. The number of likely N-dealkylation sites (N-methyl/N-ethyl adjacent to an activating group) is 4. The highest BCUT2D eigenvalue weighted by Gasteiger charge is 2.47. The Labute approximate surface area is 722 Å². The van der Waals surface area contributed by atoms with Gasteiger partial charge in [-0.1, -0.05) is 170 Å². The fourth-order valence-corrected chi connectivity index (χ4v) is 17.5. The van der Waals surface area contributed by atoms with Gasteiger partial charge in [-0.15, -0.1) is 0 Å². The number of unbranched alkanes of at least 4 members (excludes halogenated alkanes) is 1. The summed E-state index contributed by atoms with van der Waals surface area (Å²) < 4.78 is 30.2. The van der Waals surface area contributed by atoms with E-state index in [-0.39, 0.29) is 136 Å². The van der Waals surface area contributed by atoms with Gasteiger partial charge in [-0.3, -0.25) is 62.5 Å². The normalized spacial score (nSPS) is 18.6. The van der Waals surface area contributed by atoms with E-state index in [1.54, 1.807) is 47.5 Å². The van der Waals surface area contributed by atoms with E-state index in [4.69, 9.17) is 29.6 Å². The van der Waals surface area contributed by atoms with Gasteiger partial charge in [-0.2, -0.15) is 0 Å². The van der Waals surface area contributed by atoms with Gasteiger partial charge in [0.1, 0.15) is 30.2 Å². The minimum atomic E-state index is -1.22. The second-order valence-corrected chi connectivity index (χ2v) is 35.1.